The van der Waals surface area contributed by atoms with E-state index < -0.39 is 29.3 Å². The standard InChI is InChI=1S/C25H29N5O5S/c1-24(2,3)34-22(32)29(18-12-8-7-9-13-18)19(31)16-36-21-28-27-20(17-11-10-14-26-15-17)30(21)23(33)35-25(4,5)6/h7-15H,16H2,1-6H3. The molecule has 1 aromatic carbocycles. The summed E-state index contributed by atoms with van der Waals surface area (Å²) >= 11 is 0.952. The number of rotatable bonds is 5. The Bertz CT molecular complexity index is 1220. The van der Waals surface area contributed by atoms with Gasteiger partial charge in [-0.25, -0.2) is 19.1 Å². The second-order valence-corrected chi connectivity index (χ2v) is 10.6. The van der Waals surface area contributed by atoms with Crippen LogP contribution in [-0.2, 0) is 14.3 Å². The summed E-state index contributed by atoms with van der Waals surface area (Å²) in [7, 11) is 0. The van der Waals surface area contributed by atoms with Crippen LogP contribution in [0.1, 0.15) is 41.5 Å². The molecule has 0 atom stereocenters. The van der Waals surface area contributed by atoms with Crippen LogP contribution in [0.4, 0.5) is 15.3 Å². The zero-order chi connectivity index (χ0) is 26.5. The SMILES string of the molecule is CC(C)(C)OC(=O)N(C(=O)CSc1nnc(-c2cccnc2)n1C(=O)OC(C)(C)C)c1ccccc1. The Morgan fingerprint density at radius 1 is 0.917 bits per heavy atom. The van der Waals surface area contributed by atoms with Crippen molar-refractivity contribution in [2.45, 2.75) is 57.9 Å². The smallest absolute Gasteiger partial charge is 0.422 e. The Labute approximate surface area is 214 Å². The monoisotopic (exact) mass is 511 g/mol. The number of benzene rings is 1. The number of carbonyl (C=O) groups excluding carboxylic acids is 3. The first-order chi connectivity index (χ1) is 16.9. The normalized spacial score (nSPS) is 11.6. The first-order valence-corrected chi connectivity index (χ1v) is 12.2. The first-order valence-electron chi connectivity index (χ1n) is 11.2. The number of thioether (sulfide) groups is 1. The maximum Gasteiger partial charge on any atom is 0.422 e. The molecule has 0 aliphatic heterocycles. The molecule has 11 heteroatoms. The number of pyridine rings is 1. The van der Waals surface area contributed by atoms with Crippen molar-refractivity contribution in [3.63, 3.8) is 0 Å². The molecule has 0 bridgehead atoms. The lowest BCUT2D eigenvalue weighted by molar-refractivity contribution is -0.116. The van der Waals surface area contributed by atoms with E-state index in [9.17, 15) is 14.4 Å². The first kappa shape index (κ1) is 26.9. The number of para-hydroxylation sites is 1. The molecule has 3 rings (SSSR count). The average molecular weight is 512 g/mol. The lowest BCUT2D eigenvalue weighted by atomic mass is 10.2. The van der Waals surface area contributed by atoms with E-state index in [0.717, 1.165) is 16.7 Å². The van der Waals surface area contributed by atoms with E-state index in [2.05, 4.69) is 15.2 Å². The summed E-state index contributed by atoms with van der Waals surface area (Å²) in [4.78, 5) is 44.2. The molecule has 0 unspecified atom stereocenters. The minimum atomic E-state index is -0.802. The minimum Gasteiger partial charge on any atom is -0.443 e. The highest BCUT2D eigenvalue weighted by Gasteiger charge is 2.30. The average Bonchev–Trinajstić information content (AvgIpc) is 3.21. The molecule has 2 amide bonds. The number of hydrogen-bond acceptors (Lipinski definition) is 9. The Hall–Kier alpha value is -3.73. The van der Waals surface area contributed by atoms with Crippen molar-refractivity contribution < 1.29 is 23.9 Å². The number of ether oxygens (including phenoxy) is 2. The molecule has 0 spiro atoms. The lowest BCUT2D eigenvalue weighted by Gasteiger charge is -2.26. The molecule has 2 aromatic heterocycles. The third-order valence-electron chi connectivity index (χ3n) is 4.29. The fourth-order valence-corrected chi connectivity index (χ4v) is 3.71. The summed E-state index contributed by atoms with van der Waals surface area (Å²) in [6.45, 7) is 10.4. The van der Waals surface area contributed by atoms with Gasteiger partial charge in [0.15, 0.2) is 5.82 Å². The van der Waals surface area contributed by atoms with Crippen LogP contribution in [0.2, 0.25) is 0 Å². The van der Waals surface area contributed by atoms with Crippen molar-refractivity contribution in [1.29, 1.82) is 0 Å². The lowest BCUT2D eigenvalue weighted by Crippen LogP contribution is -2.42. The molecule has 0 saturated carbocycles. The number of amides is 2. The van der Waals surface area contributed by atoms with Gasteiger partial charge in [-0.3, -0.25) is 9.78 Å². The van der Waals surface area contributed by atoms with E-state index in [-0.39, 0.29) is 16.7 Å². The van der Waals surface area contributed by atoms with Gasteiger partial charge in [0.2, 0.25) is 11.1 Å². The molecule has 10 nitrogen and oxygen atoms in total. The fourth-order valence-electron chi connectivity index (χ4n) is 2.94. The van der Waals surface area contributed by atoms with E-state index in [1.54, 1.807) is 96.4 Å². The second-order valence-electron chi connectivity index (χ2n) is 9.70. The molecule has 3 aromatic rings. The van der Waals surface area contributed by atoms with Gasteiger partial charge in [0.25, 0.3) is 0 Å². The topological polar surface area (TPSA) is 117 Å². The highest BCUT2D eigenvalue weighted by Crippen LogP contribution is 2.26. The zero-order valence-corrected chi connectivity index (χ0v) is 21.9. The number of nitrogens with zero attached hydrogens (tertiary/aromatic N) is 5. The zero-order valence-electron chi connectivity index (χ0n) is 21.1. The molecule has 0 fully saturated rings. The van der Waals surface area contributed by atoms with Gasteiger partial charge in [-0.05, 0) is 65.8 Å². The van der Waals surface area contributed by atoms with Gasteiger partial charge in [0.05, 0.1) is 11.4 Å². The predicted molar refractivity (Wildman–Crippen MR) is 136 cm³/mol. The van der Waals surface area contributed by atoms with Gasteiger partial charge in [-0.2, -0.15) is 0 Å². The summed E-state index contributed by atoms with van der Waals surface area (Å²) in [6.07, 6.45) is 1.64. The Morgan fingerprint density at radius 3 is 2.17 bits per heavy atom. The van der Waals surface area contributed by atoms with Gasteiger partial charge in [0, 0.05) is 18.0 Å². The number of imide groups is 1. The quantitative estimate of drug-likeness (QED) is 0.427. The van der Waals surface area contributed by atoms with Crippen LogP contribution in [0.15, 0.2) is 60.0 Å². The van der Waals surface area contributed by atoms with E-state index >= 15 is 0 Å². The highest BCUT2D eigenvalue weighted by molar-refractivity contribution is 7.99. The van der Waals surface area contributed by atoms with Crippen LogP contribution in [0, 0.1) is 0 Å². The van der Waals surface area contributed by atoms with Gasteiger partial charge in [-0.15, -0.1) is 10.2 Å². The second kappa shape index (κ2) is 10.9. The van der Waals surface area contributed by atoms with Gasteiger partial charge in [0.1, 0.15) is 11.2 Å². The van der Waals surface area contributed by atoms with E-state index in [0.29, 0.717) is 11.3 Å². The molecule has 2 heterocycles. The van der Waals surface area contributed by atoms with E-state index in [1.165, 1.54) is 4.57 Å². The Balaban J connectivity index is 1.90. The molecule has 0 aliphatic carbocycles. The van der Waals surface area contributed by atoms with Crippen LogP contribution in [0.5, 0.6) is 0 Å². The Kier molecular flexibility index (Phi) is 8.13. The summed E-state index contributed by atoms with van der Waals surface area (Å²) in [5.74, 6) is -0.552. The summed E-state index contributed by atoms with van der Waals surface area (Å²) in [5, 5.41) is 8.38. The molecule has 0 saturated heterocycles. The summed E-state index contributed by atoms with van der Waals surface area (Å²) < 4.78 is 12.2. The number of carbonyl (C=O) groups is 3. The number of anilines is 1. The van der Waals surface area contributed by atoms with Gasteiger partial charge < -0.3 is 9.47 Å². The summed E-state index contributed by atoms with van der Waals surface area (Å²) in [5.41, 5.74) is -0.658. The van der Waals surface area contributed by atoms with Crippen molar-refractivity contribution in [2.75, 3.05) is 10.7 Å². The number of hydrogen-bond donors (Lipinski definition) is 0. The van der Waals surface area contributed by atoms with Crippen molar-refractivity contribution in [1.82, 2.24) is 19.7 Å². The van der Waals surface area contributed by atoms with Crippen molar-refractivity contribution in [3.8, 4) is 11.4 Å². The maximum absolute atomic E-state index is 13.3. The third kappa shape index (κ3) is 7.14. The third-order valence-corrected chi connectivity index (χ3v) is 5.21. The fraction of sp³-hybridized carbons (Fsp3) is 0.360. The maximum atomic E-state index is 13.3. The molecule has 0 N–H and O–H groups in total. The molecule has 0 radical (unpaired) electrons. The van der Waals surface area contributed by atoms with Crippen molar-refractivity contribution in [3.05, 3.63) is 54.9 Å². The van der Waals surface area contributed by atoms with Crippen LogP contribution in [-0.4, -0.2) is 54.8 Å². The van der Waals surface area contributed by atoms with Crippen molar-refractivity contribution in [2.24, 2.45) is 0 Å². The largest absolute Gasteiger partial charge is 0.443 e. The van der Waals surface area contributed by atoms with Crippen LogP contribution >= 0.6 is 11.8 Å². The molecule has 190 valence electrons. The van der Waals surface area contributed by atoms with E-state index in [4.69, 9.17) is 9.47 Å². The number of aromatic nitrogens is 4. The molecular weight excluding hydrogens is 482 g/mol. The molecule has 0 aliphatic rings. The van der Waals surface area contributed by atoms with E-state index in [1.807, 2.05) is 0 Å². The van der Waals surface area contributed by atoms with Crippen LogP contribution in [0.3, 0.4) is 0 Å². The predicted octanol–water partition coefficient (Wildman–Crippen LogP) is 5.18. The van der Waals surface area contributed by atoms with Crippen molar-refractivity contribution >= 4 is 35.5 Å². The van der Waals surface area contributed by atoms with Gasteiger partial charge >= 0.3 is 12.2 Å². The van der Waals surface area contributed by atoms with Crippen LogP contribution in [0.25, 0.3) is 11.4 Å². The summed E-state index contributed by atoms with van der Waals surface area (Å²) in [6, 6.07) is 11.9. The highest BCUT2D eigenvalue weighted by atomic mass is 32.2. The molecule has 36 heavy (non-hydrogen) atoms. The Morgan fingerprint density at radius 2 is 1.58 bits per heavy atom. The van der Waals surface area contributed by atoms with Crippen LogP contribution < -0.4 is 4.90 Å². The minimum absolute atomic E-state index is 0.133. The van der Waals surface area contributed by atoms with Gasteiger partial charge in [-0.1, -0.05) is 30.0 Å². The molecular formula is C25H29N5O5S.